The zero-order valence-electron chi connectivity index (χ0n) is 11.9. The van der Waals surface area contributed by atoms with Gasteiger partial charge >= 0.3 is 12.1 Å². The van der Waals surface area contributed by atoms with Crippen LogP contribution >= 0.6 is 0 Å². The molecule has 1 rings (SSSR count). The fraction of sp³-hybridized carbons (Fsp3) is 0.400. The normalized spacial score (nSPS) is 11.5. The first-order valence-corrected chi connectivity index (χ1v) is 6.77. The molecular weight excluding hydrogens is 274 g/mol. The minimum atomic E-state index is -1.56. The summed E-state index contributed by atoms with van der Waals surface area (Å²) in [4.78, 5) is 34.1. The number of benzene rings is 1. The third-order valence-corrected chi connectivity index (χ3v) is 2.84. The smallest absolute Gasteiger partial charge is 0.408 e. The van der Waals surface area contributed by atoms with Crippen molar-refractivity contribution in [1.82, 2.24) is 5.32 Å². The molecule has 6 heteroatoms. The van der Waals surface area contributed by atoms with Crippen molar-refractivity contribution in [2.24, 2.45) is 0 Å². The molecule has 0 spiro atoms. The van der Waals surface area contributed by atoms with E-state index in [1.807, 2.05) is 30.3 Å². The Hall–Kier alpha value is -2.37. The third kappa shape index (κ3) is 6.07. The standard InChI is InChI=1S/C15H19NO5/c1-2-21-15(20)16-13(14(18)19)12(17)10-6-9-11-7-4-3-5-8-11/h3-5,7-8,13H,2,6,9-10H2,1H3,(H,16,20)(H,18,19). The van der Waals surface area contributed by atoms with Gasteiger partial charge in [0.1, 0.15) is 0 Å². The number of hydrogen-bond acceptors (Lipinski definition) is 4. The van der Waals surface area contributed by atoms with Gasteiger partial charge in [-0.15, -0.1) is 0 Å². The van der Waals surface area contributed by atoms with Crippen LogP contribution < -0.4 is 5.32 Å². The maximum absolute atomic E-state index is 11.9. The highest BCUT2D eigenvalue weighted by atomic mass is 16.5. The van der Waals surface area contributed by atoms with E-state index in [0.717, 1.165) is 5.56 Å². The first-order chi connectivity index (χ1) is 10.0. The molecule has 1 amide bonds. The van der Waals surface area contributed by atoms with Gasteiger partial charge in [0.2, 0.25) is 0 Å². The summed E-state index contributed by atoms with van der Waals surface area (Å²) in [7, 11) is 0. The van der Waals surface area contributed by atoms with Gasteiger partial charge in [0.25, 0.3) is 0 Å². The van der Waals surface area contributed by atoms with Crippen LogP contribution in [0.15, 0.2) is 30.3 Å². The quantitative estimate of drug-likeness (QED) is 0.713. The molecule has 1 aromatic carbocycles. The van der Waals surface area contributed by atoms with E-state index in [-0.39, 0.29) is 13.0 Å². The predicted molar refractivity (Wildman–Crippen MR) is 76.0 cm³/mol. The maximum Gasteiger partial charge on any atom is 0.408 e. The van der Waals surface area contributed by atoms with Crippen molar-refractivity contribution in [2.75, 3.05) is 6.61 Å². The molecule has 1 aromatic rings. The molecule has 6 nitrogen and oxygen atoms in total. The Morgan fingerprint density at radius 3 is 2.48 bits per heavy atom. The largest absolute Gasteiger partial charge is 0.479 e. The molecule has 0 aliphatic carbocycles. The number of alkyl carbamates (subject to hydrolysis) is 1. The number of carbonyl (C=O) groups excluding carboxylic acids is 2. The van der Waals surface area contributed by atoms with Crippen LogP contribution in [0.4, 0.5) is 4.79 Å². The summed E-state index contributed by atoms with van der Waals surface area (Å²) in [5.41, 5.74) is 1.08. The Morgan fingerprint density at radius 2 is 1.90 bits per heavy atom. The first kappa shape index (κ1) is 16.7. The van der Waals surface area contributed by atoms with Gasteiger partial charge in [-0.3, -0.25) is 4.79 Å². The Labute approximate surface area is 123 Å². The molecule has 0 heterocycles. The fourth-order valence-electron chi connectivity index (χ4n) is 1.83. The van der Waals surface area contributed by atoms with Crippen LogP contribution in [-0.4, -0.2) is 35.6 Å². The summed E-state index contributed by atoms with van der Waals surface area (Å²) in [6.45, 7) is 1.71. The molecule has 0 aliphatic rings. The average Bonchev–Trinajstić information content (AvgIpc) is 2.45. The molecule has 0 fully saturated rings. The minimum absolute atomic E-state index is 0.0816. The van der Waals surface area contributed by atoms with Gasteiger partial charge in [0.05, 0.1) is 6.61 Å². The second-order valence-electron chi connectivity index (χ2n) is 4.44. The molecular formula is C15H19NO5. The van der Waals surface area contributed by atoms with Gasteiger partial charge in [-0.1, -0.05) is 30.3 Å². The number of Topliss-reactive ketones (excluding diaryl/α,β-unsaturated/α-hetero) is 1. The number of aliphatic carboxylic acids is 1. The lowest BCUT2D eigenvalue weighted by molar-refractivity contribution is -0.143. The topological polar surface area (TPSA) is 92.7 Å². The summed E-state index contributed by atoms with van der Waals surface area (Å²) in [6, 6.07) is 8.03. The van der Waals surface area contributed by atoms with Gasteiger partial charge in [0.15, 0.2) is 11.8 Å². The van der Waals surface area contributed by atoms with Gasteiger partial charge in [-0.25, -0.2) is 9.59 Å². The minimum Gasteiger partial charge on any atom is -0.479 e. The lowest BCUT2D eigenvalue weighted by atomic mass is 10.0. The van der Waals surface area contributed by atoms with Crippen molar-refractivity contribution in [1.29, 1.82) is 0 Å². The van der Waals surface area contributed by atoms with Crippen LogP contribution in [0.2, 0.25) is 0 Å². The number of ketones is 1. The van der Waals surface area contributed by atoms with Gasteiger partial charge in [0, 0.05) is 6.42 Å². The third-order valence-electron chi connectivity index (χ3n) is 2.84. The zero-order valence-corrected chi connectivity index (χ0v) is 11.9. The van der Waals surface area contributed by atoms with E-state index >= 15 is 0 Å². The number of ether oxygens (including phenoxy) is 1. The summed E-state index contributed by atoms with van der Waals surface area (Å²) in [5, 5.41) is 11.0. The summed E-state index contributed by atoms with van der Waals surface area (Å²) >= 11 is 0. The van der Waals surface area contributed by atoms with Crippen molar-refractivity contribution < 1.29 is 24.2 Å². The molecule has 0 bridgehead atoms. The highest BCUT2D eigenvalue weighted by Gasteiger charge is 2.27. The summed E-state index contributed by atoms with van der Waals surface area (Å²) < 4.78 is 4.58. The van der Waals surface area contributed by atoms with Crippen LogP contribution in [0, 0.1) is 0 Å². The molecule has 0 aliphatic heterocycles. The van der Waals surface area contributed by atoms with Crippen molar-refractivity contribution >= 4 is 17.8 Å². The number of rotatable bonds is 8. The Morgan fingerprint density at radius 1 is 1.24 bits per heavy atom. The van der Waals surface area contributed by atoms with Crippen molar-refractivity contribution in [3.63, 3.8) is 0 Å². The Bertz CT molecular complexity index is 486. The van der Waals surface area contributed by atoms with E-state index in [9.17, 15) is 14.4 Å². The van der Waals surface area contributed by atoms with Crippen molar-refractivity contribution in [3.8, 4) is 0 Å². The average molecular weight is 293 g/mol. The summed E-state index contributed by atoms with van der Waals surface area (Å²) in [6.07, 6.45) is 0.384. The number of carbonyl (C=O) groups is 3. The number of aryl methyl sites for hydroxylation is 1. The van der Waals surface area contributed by atoms with Crippen molar-refractivity contribution in [2.45, 2.75) is 32.2 Å². The molecule has 21 heavy (non-hydrogen) atoms. The fourth-order valence-corrected chi connectivity index (χ4v) is 1.83. The second-order valence-corrected chi connectivity index (χ2v) is 4.44. The van der Waals surface area contributed by atoms with Gasteiger partial charge < -0.3 is 15.2 Å². The van der Waals surface area contributed by atoms with E-state index in [0.29, 0.717) is 12.8 Å². The number of hydrogen-bond donors (Lipinski definition) is 2. The molecule has 1 atom stereocenters. The van der Waals surface area contributed by atoms with E-state index < -0.39 is 23.9 Å². The first-order valence-electron chi connectivity index (χ1n) is 6.77. The monoisotopic (exact) mass is 293 g/mol. The molecule has 0 saturated carbocycles. The lowest BCUT2D eigenvalue weighted by Gasteiger charge is -2.13. The van der Waals surface area contributed by atoms with Crippen LogP contribution in [0.25, 0.3) is 0 Å². The lowest BCUT2D eigenvalue weighted by Crippen LogP contribution is -2.46. The van der Waals surface area contributed by atoms with Gasteiger partial charge in [-0.2, -0.15) is 0 Å². The molecule has 2 N–H and O–H groups in total. The number of carboxylic acid groups (broad SMARTS) is 1. The molecule has 0 radical (unpaired) electrons. The molecule has 114 valence electrons. The number of carboxylic acids is 1. The number of nitrogens with one attached hydrogen (secondary N) is 1. The van der Waals surface area contributed by atoms with Crippen LogP contribution in [-0.2, 0) is 20.7 Å². The Balaban J connectivity index is 2.46. The molecule has 0 aromatic heterocycles. The zero-order chi connectivity index (χ0) is 15.7. The molecule has 0 saturated heterocycles. The maximum atomic E-state index is 11.9. The van der Waals surface area contributed by atoms with Crippen LogP contribution in [0.3, 0.4) is 0 Å². The highest BCUT2D eigenvalue weighted by molar-refractivity contribution is 6.04. The van der Waals surface area contributed by atoms with E-state index in [4.69, 9.17) is 5.11 Å². The highest BCUT2D eigenvalue weighted by Crippen LogP contribution is 2.06. The van der Waals surface area contributed by atoms with Crippen LogP contribution in [0.1, 0.15) is 25.3 Å². The SMILES string of the molecule is CCOC(=O)NC(C(=O)O)C(=O)CCCc1ccccc1. The van der Waals surface area contributed by atoms with E-state index in [1.165, 1.54) is 0 Å². The van der Waals surface area contributed by atoms with Crippen LogP contribution in [0.5, 0.6) is 0 Å². The summed E-state index contributed by atoms with van der Waals surface area (Å²) in [5.74, 6) is -1.92. The van der Waals surface area contributed by atoms with Crippen molar-refractivity contribution in [3.05, 3.63) is 35.9 Å². The van der Waals surface area contributed by atoms with E-state index in [1.54, 1.807) is 6.92 Å². The predicted octanol–water partition coefficient (Wildman–Crippen LogP) is 1.78. The van der Waals surface area contributed by atoms with Gasteiger partial charge in [-0.05, 0) is 25.3 Å². The second kappa shape index (κ2) is 8.73. The molecule has 1 unspecified atom stereocenters. The Kier molecular flexibility index (Phi) is 6.94. The number of amides is 1. The van der Waals surface area contributed by atoms with E-state index in [2.05, 4.69) is 10.1 Å².